The Morgan fingerprint density at radius 2 is 0.604 bits per heavy atom. The first-order valence-electron chi connectivity index (χ1n) is 38.9. The monoisotopic (exact) mass is 1430 g/mol. The van der Waals surface area contributed by atoms with Crippen molar-refractivity contribution in [2.75, 3.05) is 108 Å². The van der Waals surface area contributed by atoms with Gasteiger partial charge >= 0.3 is 17.9 Å². The summed E-state index contributed by atoms with van der Waals surface area (Å²) in [5.41, 5.74) is 22.5. The predicted octanol–water partition coefficient (Wildman–Crippen LogP) is 18.7. The zero-order valence-electron chi connectivity index (χ0n) is 66.8. The largest absolute Gasteiger partial charge is 0.440 e. The van der Waals surface area contributed by atoms with Crippen molar-refractivity contribution in [3.63, 3.8) is 0 Å². The van der Waals surface area contributed by atoms with Gasteiger partial charge in [-0.3, -0.25) is 15.0 Å². The highest BCUT2D eigenvalue weighted by molar-refractivity contribution is 5.98. The molecule has 0 amide bonds. The Labute approximate surface area is 632 Å². The van der Waals surface area contributed by atoms with E-state index in [2.05, 4.69) is 278 Å². The van der Waals surface area contributed by atoms with E-state index in [9.17, 15) is 14.4 Å². The fraction of sp³-hybridized carbons (Fsp3) is 0.407. The maximum Gasteiger partial charge on any atom is 0.340 e. The molecule has 3 aliphatic heterocycles. The van der Waals surface area contributed by atoms with Gasteiger partial charge in [0.25, 0.3) is 0 Å². The third kappa shape index (κ3) is 14.2. The number of carbonyl (C=O) groups is 3. The average molecular weight is 1430 g/mol. The van der Waals surface area contributed by atoms with Gasteiger partial charge in [0.2, 0.25) is 0 Å². The van der Waals surface area contributed by atoms with Gasteiger partial charge in [-0.25, -0.2) is 14.4 Å². The second-order valence-electron chi connectivity index (χ2n) is 27.7. The predicted molar refractivity (Wildman–Crippen MR) is 436 cm³/mol. The van der Waals surface area contributed by atoms with Crippen LogP contribution < -0.4 is 29.4 Å². The number of cyclic esters (lactones) is 3. The first kappa shape index (κ1) is 78.6. The zero-order chi connectivity index (χ0) is 76.5. The number of hydrogen-bond acceptors (Lipinski definition) is 15. The first-order chi connectivity index (χ1) is 51.1. The van der Waals surface area contributed by atoms with Crippen LogP contribution >= 0.6 is 0 Å². The van der Waals surface area contributed by atoms with E-state index in [1.807, 2.05) is 32.3 Å². The summed E-state index contributed by atoms with van der Waals surface area (Å²) in [5.74, 6) is -0.896. The van der Waals surface area contributed by atoms with Gasteiger partial charge in [-0.05, 0) is 262 Å². The van der Waals surface area contributed by atoms with Gasteiger partial charge in [0.1, 0.15) is 0 Å². The Bertz CT molecular complexity index is 4440. The van der Waals surface area contributed by atoms with E-state index in [0.717, 1.165) is 175 Å². The lowest BCUT2D eigenvalue weighted by atomic mass is 9.76. The highest BCUT2D eigenvalue weighted by Gasteiger charge is 2.54. The smallest absolute Gasteiger partial charge is 0.340 e. The molecule has 0 bridgehead atoms. The second kappa shape index (κ2) is 33.6. The third-order valence-corrected chi connectivity index (χ3v) is 22.3. The Balaban J connectivity index is 0.000000170. The molecule has 6 aromatic carbocycles. The Morgan fingerprint density at radius 1 is 0.302 bits per heavy atom. The fourth-order valence-corrected chi connectivity index (χ4v) is 16.7. The van der Waals surface area contributed by atoms with Crippen molar-refractivity contribution in [3.05, 3.63) is 264 Å². The number of rotatable bonds is 26. The van der Waals surface area contributed by atoms with Crippen molar-refractivity contribution in [1.29, 1.82) is 0 Å². The molecule has 0 spiro atoms. The SMILES string of the molecule is CCN(CC)c1ccc(C2(c3ccc(N(CC)CC)cc3C)OC(=O)c3cc(C)ncc32)c(C)c1.CCN(CC)c1ccc(C2(c3ccc(N(CC)CC)cc3C)OC(=O)c3ccnc(C)c32)c(C)c1.CCc1cc(N(CC)CC)ccc1C1(c2ccc(N(CC)CC)cc2CC)OC(=O)c2ccncc21. The van der Waals surface area contributed by atoms with E-state index in [1.54, 1.807) is 24.5 Å². The van der Waals surface area contributed by atoms with Crippen LogP contribution in [0.15, 0.2) is 152 Å². The molecule has 3 aromatic heterocycles. The van der Waals surface area contributed by atoms with Gasteiger partial charge in [-0.2, -0.15) is 0 Å². The van der Waals surface area contributed by atoms with Crippen molar-refractivity contribution < 1.29 is 28.6 Å². The first-order valence-corrected chi connectivity index (χ1v) is 38.9. The maximum absolute atomic E-state index is 13.3. The molecule has 15 heteroatoms. The Kier molecular flexibility index (Phi) is 24.9. The standard InChI is InChI=1S/C31H39N3O2.2C30H37N3O2/c1-7-22-19-24(33(9-3)10-4)13-15-27(22)31(29-21-32-18-17-26(29)30(35)36-31)28-16-14-25(20-23(28)8-2)34(11-5)12-6;1-8-32(9-2)23-12-14-26(20(5)16-23)30(28-19-31-22(7)18-25(28)29(34)35-30)27-15-13-24(17-21(27)6)33(10-3)11-4;1-8-32(9-2)23-12-14-26(20(5)18-23)30(28-22(7)31-17-16-25(28)29(34)35-30)27-15-13-24(19-21(27)6)33(10-3)11-4/h13-21H,7-12H2,1-6H3;2*12-19H,8-11H2,1-7H3. The van der Waals surface area contributed by atoms with Gasteiger partial charge in [-0.1, -0.05) is 50.2 Å². The molecule has 558 valence electrons. The molecular weight excluding hydrogens is 1320 g/mol. The highest BCUT2D eigenvalue weighted by atomic mass is 16.6. The summed E-state index contributed by atoms with van der Waals surface area (Å²) < 4.78 is 19.3. The lowest BCUT2D eigenvalue weighted by molar-refractivity contribution is 0.0237. The average Bonchev–Trinajstić information content (AvgIpc) is 1.54. The number of aryl methyl sites for hydroxylation is 8. The molecule has 0 saturated carbocycles. The molecule has 0 unspecified atom stereocenters. The maximum atomic E-state index is 13.3. The topological polar surface area (TPSA) is 137 Å². The molecular formula is C91H113N9O6. The summed E-state index contributed by atoms with van der Waals surface area (Å²) >= 11 is 0. The van der Waals surface area contributed by atoms with E-state index < -0.39 is 16.8 Å². The highest BCUT2D eigenvalue weighted by Crippen LogP contribution is 2.54. The lowest BCUT2D eigenvalue weighted by Crippen LogP contribution is -2.33. The summed E-state index contributed by atoms with van der Waals surface area (Å²) in [7, 11) is 0. The molecule has 0 radical (unpaired) electrons. The van der Waals surface area contributed by atoms with Crippen LogP contribution in [0, 0.1) is 41.5 Å². The van der Waals surface area contributed by atoms with Crippen molar-refractivity contribution in [2.45, 2.75) is 168 Å². The van der Waals surface area contributed by atoms with E-state index in [4.69, 9.17) is 14.2 Å². The Hall–Kier alpha value is -10.0. The molecule has 0 fully saturated rings. The molecule has 6 heterocycles. The van der Waals surface area contributed by atoms with E-state index in [-0.39, 0.29) is 17.9 Å². The number of aromatic nitrogens is 3. The summed E-state index contributed by atoms with van der Waals surface area (Å²) in [5, 5.41) is 0. The minimum absolute atomic E-state index is 0.294. The number of pyridine rings is 3. The number of ether oxygens (including phenoxy) is 3. The third-order valence-electron chi connectivity index (χ3n) is 22.3. The molecule has 0 atom stereocenters. The van der Waals surface area contributed by atoms with Crippen LogP contribution in [0.3, 0.4) is 0 Å². The number of fused-ring (bicyclic) bond motifs is 3. The summed E-state index contributed by atoms with van der Waals surface area (Å²) in [4.78, 5) is 67.5. The van der Waals surface area contributed by atoms with E-state index in [1.165, 1.54) is 45.3 Å². The molecule has 106 heavy (non-hydrogen) atoms. The van der Waals surface area contributed by atoms with E-state index >= 15 is 0 Å². The minimum Gasteiger partial charge on any atom is -0.440 e. The minimum atomic E-state index is -1.04. The van der Waals surface area contributed by atoms with Crippen LogP contribution in [0.1, 0.15) is 223 Å². The van der Waals surface area contributed by atoms with Crippen molar-refractivity contribution in [3.8, 4) is 0 Å². The number of anilines is 6. The summed E-state index contributed by atoms with van der Waals surface area (Å²) in [6.45, 7) is 54.0. The van der Waals surface area contributed by atoms with Gasteiger partial charge in [0, 0.05) is 199 Å². The molecule has 0 aliphatic carbocycles. The van der Waals surface area contributed by atoms with Crippen LogP contribution in [-0.4, -0.2) is 111 Å². The normalized spacial score (nSPS) is 13.9. The molecule has 0 N–H and O–H groups in total. The molecule has 3 aliphatic rings. The number of hydrogen-bond donors (Lipinski definition) is 0. The summed E-state index contributed by atoms with van der Waals surface area (Å²) in [6.07, 6.45) is 8.67. The molecule has 12 rings (SSSR count). The summed E-state index contributed by atoms with van der Waals surface area (Å²) in [6, 6.07) is 44.5. The fourth-order valence-electron chi connectivity index (χ4n) is 16.7. The van der Waals surface area contributed by atoms with Crippen LogP contribution in [0.2, 0.25) is 0 Å². The van der Waals surface area contributed by atoms with E-state index in [0.29, 0.717) is 16.7 Å². The van der Waals surface area contributed by atoms with Gasteiger partial charge in [0.05, 0.1) is 16.7 Å². The van der Waals surface area contributed by atoms with Crippen LogP contribution in [0.4, 0.5) is 34.1 Å². The second-order valence-corrected chi connectivity index (χ2v) is 27.7. The van der Waals surface area contributed by atoms with Crippen molar-refractivity contribution >= 4 is 52.0 Å². The van der Waals surface area contributed by atoms with Crippen LogP contribution in [0.25, 0.3) is 0 Å². The van der Waals surface area contributed by atoms with Crippen LogP contribution in [0.5, 0.6) is 0 Å². The molecule has 15 nitrogen and oxygen atoms in total. The number of esters is 3. The van der Waals surface area contributed by atoms with Gasteiger partial charge < -0.3 is 43.6 Å². The van der Waals surface area contributed by atoms with Crippen molar-refractivity contribution in [1.82, 2.24) is 15.0 Å². The number of benzene rings is 6. The van der Waals surface area contributed by atoms with Crippen LogP contribution in [-0.2, 0) is 43.9 Å². The Morgan fingerprint density at radius 3 is 0.962 bits per heavy atom. The molecule has 9 aromatic rings. The zero-order valence-corrected chi connectivity index (χ0v) is 66.8. The number of nitrogens with zero attached hydrogens (tertiary/aromatic N) is 9. The molecule has 0 saturated heterocycles. The number of carbonyl (C=O) groups excluding carboxylic acids is 3. The lowest BCUT2D eigenvalue weighted by Gasteiger charge is -2.35. The van der Waals surface area contributed by atoms with Crippen molar-refractivity contribution in [2.24, 2.45) is 0 Å². The van der Waals surface area contributed by atoms with Gasteiger partial charge in [0.15, 0.2) is 16.8 Å². The van der Waals surface area contributed by atoms with Gasteiger partial charge in [-0.15, -0.1) is 0 Å². The quantitative estimate of drug-likeness (QED) is 0.0375.